The van der Waals surface area contributed by atoms with Crippen LogP contribution in [0.3, 0.4) is 0 Å². The number of hydrogen-bond donors (Lipinski definition) is 0. The molecule has 3 aliphatic heterocycles. The average Bonchev–Trinajstić information content (AvgIpc) is 3.00. The molecule has 4 aliphatic rings. The SMILES string of the molecule is O=C1CN(C2CC(F)(F)C2)C(=O)N1C1CCCN(CC2COc3ccccc3O2)C1. The molecule has 3 amide bonds. The normalized spacial score (nSPS) is 29.3. The molecule has 5 rings (SSSR count). The molecular weight excluding hydrogens is 396 g/mol. The van der Waals surface area contributed by atoms with Crippen molar-refractivity contribution in [2.45, 2.75) is 49.8 Å². The van der Waals surface area contributed by atoms with E-state index in [0.29, 0.717) is 19.7 Å². The molecule has 2 atom stereocenters. The Labute approximate surface area is 173 Å². The molecule has 0 N–H and O–H groups in total. The minimum atomic E-state index is -2.72. The summed E-state index contributed by atoms with van der Waals surface area (Å²) in [5.74, 6) is -1.54. The lowest BCUT2D eigenvalue weighted by molar-refractivity contribution is -0.130. The summed E-state index contributed by atoms with van der Waals surface area (Å²) in [5, 5.41) is 0. The van der Waals surface area contributed by atoms with Crippen molar-refractivity contribution >= 4 is 11.9 Å². The number of fused-ring (bicyclic) bond motifs is 1. The van der Waals surface area contributed by atoms with E-state index >= 15 is 0 Å². The first-order valence-corrected chi connectivity index (χ1v) is 10.5. The molecule has 0 aromatic heterocycles. The number of benzene rings is 1. The zero-order chi connectivity index (χ0) is 20.9. The Balaban J connectivity index is 1.20. The Hall–Kier alpha value is -2.42. The van der Waals surface area contributed by atoms with Gasteiger partial charge in [-0.05, 0) is 31.5 Å². The topological polar surface area (TPSA) is 62.3 Å². The summed E-state index contributed by atoms with van der Waals surface area (Å²) in [6, 6.07) is 6.36. The van der Waals surface area contributed by atoms with Crippen molar-refractivity contribution in [2.24, 2.45) is 0 Å². The Morgan fingerprint density at radius 1 is 1.10 bits per heavy atom. The molecule has 30 heavy (non-hydrogen) atoms. The van der Waals surface area contributed by atoms with Crippen molar-refractivity contribution in [3.8, 4) is 11.5 Å². The molecule has 3 heterocycles. The lowest BCUT2D eigenvalue weighted by Gasteiger charge is -2.41. The summed E-state index contributed by atoms with van der Waals surface area (Å²) in [6.45, 7) is 2.41. The number of para-hydroxylation sites is 2. The molecule has 1 aromatic rings. The maximum absolute atomic E-state index is 13.2. The standard InChI is InChI=1S/C21H25F2N3O4/c22-21(23)8-15(9-21)25-12-19(27)26(20(25)28)14-4-3-7-24(10-14)11-16-13-29-17-5-1-2-6-18(17)30-16/h1-2,5-6,14-16H,3-4,7-13H2. The number of ether oxygens (including phenoxy) is 2. The van der Waals surface area contributed by atoms with Gasteiger partial charge in [-0.15, -0.1) is 0 Å². The molecule has 0 bridgehead atoms. The third-order valence-corrected chi connectivity index (χ3v) is 6.41. The number of halogens is 2. The van der Waals surface area contributed by atoms with Crippen molar-refractivity contribution in [1.29, 1.82) is 0 Å². The fourth-order valence-electron chi connectivity index (χ4n) is 4.88. The molecular formula is C21H25F2N3O4. The minimum Gasteiger partial charge on any atom is -0.486 e. The monoisotopic (exact) mass is 421 g/mol. The van der Waals surface area contributed by atoms with Gasteiger partial charge in [0, 0.05) is 32.0 Å². The molecule has 2 saturated heterocycles. The van der Waals surface area contributed by atoms with Gasteiger partial charge >= 0.3 is 6.03 Å². The van der Waals surface area contributed by atoms with E-state index in [1.807, 2.05) is 24.3 Å². The fraction of sp³-hybridized carbons (Fsp3) is 0.619. The number of piperidine rings is 1. The van der Waals surface area contributed by atoms with Crippen LogP contribution in [0.2, 0.25) is 0 Å². The zero-order valence-electron chi connectivity index (χ0n) is 16.6. The first kappa shape index (κ1) is 19.5. The molecule has 162 valence electrons. The molecule has 1 aromatic carbocycles. The van der Waals surface area contributed by atoms with Gasteiger partial charge in [0.1, 0.15) is 19.3 Å². The third-order valence-electron chi connectivity index (χ3n) is 6.41. The van der Waals surface area contributed by atoms with Crippen LogP contribution in [0, 0.1) is 0 Å². The highest BCUT2D eigenvalue weighted by Crippen LogP contribution is 2.42. The quantitative estimate of drug-likeness (QED) is 0.699. The van der Waals surface area contributed by atoms with E-state index in [9.17, 15) is 18.4 Å². The van der Waals surface area contributed by atoms with Crippen LogP contribution in [0.25, 0.3) is 0 Å². The van der Waals surface area contributed by atoms with Crippen molar-refractivity contribution in [3.05, 3.63) is 24.3 Å². The first-order valence-electron chi connectivity index (χ1n) is 10.5. The second-order valence-electron chi connectivity index (χ2n) is 8.65. The van der Waals surface area contributed by atoms with Crippen LogP contribution in [0.1, 0.15) is 25.7 Å². The molecule has 0 spiro atoms. The number of imide groups is 1. The van der Waals surface area contributed by atoms with E-state index in [4.69, 9.17) is 9.47 Å². The van der Waals surface area contributed by atoms with Gasteiger partial charge < -0.3 is 14.4 Å². The van der Waals surface area contributed by atoms with E-state index < -0.39 is 18.0 Å². The summed E-state index contributed by atoms with van der Waals surface area (Å²) in [5.41, 5.74) is 0. The largest absolute Gasteiger partial charge is 0.486 e. The summed E-state index contributed by atoms with van der Waals surface area (Å²) in [6.07, 6.45) is 0.757. The Morgan fingerprint density at radius 3 is 2.63 bits per heavy atom. The van der Waals surface area contributed by atoms with Crippen molar-refractivity contribution in [3.63, 3.8) is 0 Å². The number of nitrogens with zero attached hydrogens (tertiary/aromatic N) is 3. The number of rotatable bonds is 4. The van der Waals surface area contributed by atoms with E-state index in [0.717, 1.165) is 30.9 Å². The van der Waals surface area contributed by atoms with Crippen LogP contribution in [-0.4, -0.2) is 83.5 Å². The molecule has 0 radical (unpaired) electrons. The Bertz CT molecular complexity index is 843. The second kappa shape index (κ2) is 7.37. The minimum absolute atomic E-state index is 0.0908. The molecule has 3 fully saturated rings. The average molecular weight is 421 g/mol. The van der Waals surface area contributed by atoms with Crippen LogP contribution in [0.4, 0.5) is 13.6 Å². The van der Waals surface area contributed by atoms with Crippen molar-refractivity contribution in [2.75, 3.05) is 32.8 Å². The van der Waals surface area contributed by atoms with Gasteiger partial charge in [-0.1, -0.05) is 12.1 Å². The van der Waals surface area contributed by atoms with Gasteiger partial charge in [0.2, 0.25) is 0 Å². The summed E-state index contributed by atoms with van der Waals surface area (Å²) >= 11 is 0. The van der Waals surface area contributed by atoms with E-state index in [2.05, 4.69) is 4.90 Å². The molecule has 2 unspecified atom stereocenters. The molecule has 1 saturated carbocycles. The predicted molar refractivity (Wildman–Crippen MR) is 103 cm³/mol. The van der Waals surface area contributed by atoms with Gasteiger partial charge in [-0.3, -0.25) is 14.6 Å². The maximum Gasteiger partial charge on any atom is 0.327 e. The summed E-state index contributed by atoms with van der Waals surface area (Å²) < 4.78 is 38.2. The lowest BCUT2D eigenvalue weighted by atomic mass is 9.87. The number of urea groups is 1. The highest BCUT2D eigenvalue weighted by molar-refractivity contribution is 6.02. The summed E-state index contributed by atoms with van der Waals surface area (Å²) in [4.78, 5) is 30.2. The first-order chi connectivity index (χ1) is 14.4. The van der Waals surface area contributed by atoms with Gasteiger partial charge in [0.05, 0.1) is 6.04 Å². The lowest BCUT2D eigenvalue weighted by Crippen LogP contribution is -2.55. The molecule has 7 nitrogen and oxygen atoms in total. The van der Waals surface area contributed by atoms with Crippen LogP contribution < -0.4 is 9.47 Å². The van der Waals surface area contributed by atoms with Gasteiger partial charge in [0.15, 0.2) is 11.5 Å². The van der Waals surface area contributed by atoms with Crippen molar-refractivity contribution in [1.82, 2.24) is 14.7 Å². The van der Waals surface area contributed by atoms with Crippen LogP contribution >= 0.6 is 0 Å². The third kappa shape index (κ3) is 3.59. The second-order valence-corrected chi connectivity index (χ2v) is 8.65. The Kier molecular flexibility index (Phi) is 4.80. The van der Waals surface area contributed by atoms with E-state index in [1.54, 1.807) is 0 Å². The summed E-state index contributed by atoms with van der Waals surface area (Å²) in [7, 11) is 0. The smallest absolute Gasteiger partial charge is 0.327 e. The zero-order valence-corrected chi connectivity index (χ0v) is 16.6. The number of alkyl halides is 2. The highest BCUT2D eigenvalue weighted by atomic mass is 19.3. The van der Waals surface area contributed by atoms with Crippen LogP contribution in [0.5, 0.6) is 11.5 Å². The number of carbonyl (C=O) groups excluding carboxylic acids is 2. The van der Waals surface area contributed by atoms with Crippen molar-refractivity contribution < 1.29 is 27.8 Å². The highest BCUT2D eigenvalue weighted by Gasteiger charge is 2.53. The number of hydrogen-bond acceptors (Lipinski definition) is 5. The van der Waals surface area contributed by atoms with Gasteiger partial charge in [-0.25, -0.2) is 13.6 Å². The molecule has 1 aliphatic carbocycles. The van der Waals surface area contributed by atoms with Gasteiger partial charge in [0.25, 0.3) is 11.8 Å². The maximum atomic E-state index is 13.2. The predicted octanol–water partition coefficient (Wildman–Crippen LogP) is 2.35. The van der Waals surface area contributed by atoms with E-state index in [-0.39, 0.29) is 37.4 Å². The van der Waals surface area contributed by atoms with Crippen LogP contribution in [0.15, 0.2) is 24.3 Å². The number of carbonyl (C=O) groups is 2. The number of amides is 3. The van der Waals surface area contributed by atoms with Crippen LogP contribution in [-0.2, 0) is 4.79 Å². The van der Waals surface area contributed by atoms with E-state index in [1.165, 1.54) is 9.80 Å². The number of likely N-dealkylation sites (tertiary alicyclic amines) is 1. The fourth-order valence-corrected chi connectivity index (χ4v) is 4.88. The molecule has 9 heteroatoms. The Morgan fingerprint density at radius 2 is 1.87 bits per heavy atom. The van der Waals surface area contributed by atoms with Gasteiger partial charge in [-0.2, -0.15) is 0 Å².